The number of aromatic carboxylic acids is 1. The Morgan fingerprint density at radius 3 is 2.71 bits per heavy atom. The van der Waals surface area contributed by atoms with E-state index in [4.69, 9.17) is 16.0 Å². The first-order chi connectivity index (χ1) is 7.65. The van der Waals surface area contributed by atoms with Crippen molar-refractivity contribution in [2.24, 2.45) is 0 Å². The van der Waals surface area contributed by atoms with E-state index in [2.05, 4.69) is 0 Å². The first kappa shape index (κ1) is 15.3. The zero-order chi connectivity index (χ0) is 11.5. The summed E-state index contributed by atoms with van der Waals surface area (Å²) in [5.41, 5.74) is 0.0320. The molecule has 6 heteroatoms. The summed E-state index contributed by atoms with van der Waals surface area (Å²) >= 11 is 7.12. The molecular weight excluding hydrogens is 287 g/mol. The maximum atomic E-state index is 10.5. The van der Waals surface area contributed by atoms with Gasteiger partial charge < -0.3 is 14.3 Å². The van der Waals surface area contributed by atoms with Crippen LogP contribution in [0.25, 0.3) is 0 Å². The normalized spacial score (nSPS) is 9.71. The van der Waals surface area contributed by atoms with Gasteiger partial charge >= 0.3 is 51.4 Å². The molecule has 0 atom stereocenters. The largest absolute Gasteiger partial charge is 1.00 e. The number of rotatable bonds is 3. The van der Waals surface area contributed by atoms with Crippen LogP contribution in [-0.4, -0.2) is 5.97 Å². The summed E-state index contributed by atoms with van der Waals surface area (Å²) in [4.78, 5) is 11.4. The van der Waals surface area contributed by atoms with Crippen LogP contribution in [0, 0.1) is 0 Å². The molecule has 3 nitrogen and oxygen atoms in total. The van der Waals surface area contributed by atoms with Crippen molar-refractivity contribution in [1.82, 2.24) is 0 Å². The molecule has 0 saturated carbocycles. The van der Waals surface area contributed by atoms with Crippen LogP contribution in [0.5, 0.6) is 0 Å². The van der Waals surface area contributed by atoms with Crippen LogP contribution in [0.2, 0.25) is 5.02 Å². The molecule has 0 aliphatic heterocycles. The Kier molecular flexibility index (Phi) is 6.29. The van der Waals surface area contributed by atoms with E-state index in [1.807, 2.05) is 12.1 Å². The van der Waals surface area contributed by atoms with Crippen LogP contribution in [0.3, 0.4) is 0 Å². The molecule has 0 saturated heterocycles. The molecule has 0 radical (unpaired) electrons. The van der Waals surface area contributed by atoms with Gasteiger partial charge in [0.25, 0.3) is 0 Å². The van der Waals surface area contributed by atoms with Gasteiger partial charge in [0.1, 0.15) is 6.26 Å². The van der Waals surface area contributed by atoms with Crippen LogP contribution in [-0.2, 0) is 0 Å². The summed E-state index contributed by atoms with van der Waals surface area (Å²) < 4.78 is 5.07. The molecule has 0 aliphatic rings. The van der Waals surface area contributed by atoms with Crippen molar-refractivity contribution in [2.75, 3.05) is 0 Å². The average Bonchev–Trinajstić information content (AvgIpc) is 2.66. The molecule has 2 rings (SSSR count). The fraction of sp³-hybridized carbons (Fsp3) is 0. The second-order valence-corrected chi connectivity index (χ2v) is 4.52. The van der Waals surface area contributed by atoms with Crippen molar-refractivity contribution >= 4 is 29.3 Å². The number of benzene rings is 1. The van der Waals surface area contributed by atoms with E-state index < -0.39 is 5.97 Å². The third-order valence-corrected chi connectivity index (χ3v) is 2.97. The minimum absolute atomic E-state index is 0. The monoisotopic (exact) mass is 292 g/mol. The molecule has 82 valence electrons. The summed E-state index contributed by atoms with van der Waals surface area (Å²) in [6.45, 7) is 0. The SMILES string of the molecule is O=C([O-])c1coc(Sc2cccc(Cl)c2)c1.[K+]. The number of carbonyl (C=O) groups excluding carboxylic acids is 1. The summed E-state index contributed by atoms with van der Waals surface area (Å²) in [5, 5.41) is 11.6. The number of hydrogen-bond donors (Lipinski definition) is 0. The molecule has 0 fully saturated rings. The Balaban J connectivity index is 0.00000144. The van der Waals surface area contributed by atoms with E-state index in [1.54, 1.807) is 12.1 Å². The van der Waals surface area contributed by atoms with Crippen molar-refractivity contribution in [3.05, 3.63) is 47.2 Å². The zero-order valence-corrected chi connectivity index (χ0v) is 13.7. The van der Waals surface area contributed by atoms with Crippen molar-refractivity contribution < 1.29 is 65.7 Å². The van der Waals surface area contributed by atoms with Crippen LogP contribution < -0.4 is 56.5 Å². The van der Waals surface area contributed by atoms with Crippen LogP contribution in [0.4, 0.5) is 0 Å². The van der Waals surface area contributed by atoms with Gasteiger partial charge in [-0.1, -0.05) is 29.4 Å². The minimum atomic E-state index is -1.25. The number of carboxylic acid groups (broad SMARTS) is 1. The Hall–Kier alpha value is 0.246. The molecule has 0 spiro atoms. The maximum Gasteiger partial charge on any atom is 1.00 e. The van der Waals surface area contributed by atoms with Gasteiger partial charge in [0.15, 0.2) is 5.09 Å². The molecule has 0 N–H and O–H groups in total. The molecule has 17 heavy (non-hydrogen) atoms. The fourth-order valence-electron chi connectivity index (χ4n) is 1.12. The summed E-state index contributed by atoms with van der Waals surface area (Å²) in [6, 6.07) is 8.62. The molecule has 0 unspecified atom stereocenters. The maximum absolute atomic E-state index is 10.5. The number of carbonyl (C=O) groups is 1. The van der Waals surface area contributed by atoms with Gasteiger partial charge in [0.05, 0.1) is 5.97 Å². The summed E-state index contributed by atoms with van der Waals surface area (Å²) in [5.74, 6) is -1.25. The Morgan fingerprint density at radius 2 is 2.12 bits per heavy atom. The van der Waals surface area contributed by atoms with Gasteiger partial charge in [-0.05, 0) is 18.2 Å². The van der Waals surface area contributed by atoms with Crippen molar-refractivity contribution in [3.8, 4) is 0 Å². The van der Waals surface area contributed by atoms with Gasteiger partial charge in [0.2, 0.25) is 0 Å². The van der Waals surface area contributed by atoms with Gasteiger partial charge in [0, 0.05) is 21.5 Å². The predicted molar refractivity (Wildman–Crippen MR) is 58.6 cm³/mol. The Bertz CT molecular complexity index is 527. The Morgan fingerprint density at radius 1 is 1.35 bits per heavy atom. The van der Waals surface area contributed by atoms with Crippen LogP contribution >= 0.6 is 23.4 Å². The number of hydrogen-bond acceptors (Lipinski definition) is 4. The van der Waals surface area contributed by atoms with Crippen molar-refractivity contribution in [3.63, 3.8) is 0 Å². The zero-order valence-electron chi connectivity index (χ0n) is 8.98. The van der Waals surface area contributed by atoms with E-state index >= 15 is 0 Å². The molecule has 1 aromatic heterocycles. The molecule has 1 aromatic carbocycles. The van der Waals surface area contributed by atoms with E-state index in [9.17, 15) is 9.90 Å². The van der Waals surface area contributed by atoms with E-state index in [-0.39, 0.29) is 56.9 Å². The third kappa shape index (κ3) is 4.44. The standard InChI is InChI=1S/C11H7ClO3S.K/c12-8-2-1-3-9(5-8)16-10-4-7(6-15-10)11(13)14;/h1-6H,(H,13,14);/q;+1/p-1. The third-order valence-electron chi connectivity index (χ3n) is 1.83. The first-order valence-electron chi connectivity index (χ1n) is 4.38. The molecule has 0 bridgehead atoms. The minimum Gasteiger partial charge on any atom is -0.545 e. The van der Waals surface area contributed by atoms with Gasteiger partial charge in [-0.2, -0.15) is 0 Å². The molecule has 1 heterocycles. The fourth-order valence-corrected chi connectivity index (χ4v) is 2.23. The van der Waals surface area contributed by atoms with E-state index in [0.717, 1.165) is 11.2 Å². The van der Waals surface area contributed by atoms with Gasteiger partial charge in [-0.25, -0.2) is 0 Å². The van der Waals surface area contributed by atoms with Crippen LogP contribution in [0.1, 0.15) is 10.4 Å². The first-order valence-corrected chi connectivity index (χ1v) is 5.58. The van der Waals surface area contributed by atoms with Gasteiger partial charge in [-0.3, -0.25) is 0 Å². The van der Waals surface area contributed by atoms with Gasteiger partial charge in [-0.15, -0.1) is 0 Å². The molecule has 2 aromatic rings. The van der Waals surface area contributed by atoms with E-state index in [0.29, 0.717) is 10.1 Å². The molecule has 0 aliphatic carbocycles. The summed E-state index contributed by atoms with van der Waals surface area (Å²) in [6.07, 6.45) is 1.15. The number of furan rings is 1. The smallest absolute Gasteiger partial charge is 0.545 e. The second kappa shape index (κ2) is 6.99. The second-order valence-electron chi connectivity index (χ2n) is 3.00. The number of halogens is 1. The van der Waals surface area contributed by atoms with E-state index in [1.165, 1.54) is 17.8 Å². The molecule has 0 amide bonds. The van der Waals surface area contributed by atoms with Crippen molar-refractivity contribution in [1.29, 1.82) is 0 Å². The number of carboxylic acids is 1. The Labute approximate surface area is 150 Å². The van der Waals surface area contributed by atoms with Crippen molar-refractivity contribution in [2.45, 2.75) is 9.99 Å². The van der Waals surface area contributed by atoms with Crippen LogP contribution in [0.15, 0.2) is 51.0 Å². The average molecular weight is 293 g/mol. The predicted octanol–water partition coefficient (Wildman–Crippen LogP) is -0.548. The summed E-state index contributed by atoms with van der Waals surface area (Å²) in [7, 11) is 0. The molecular formula is C11H6ClKO3S. The quantitative estimate of drug-likeness (QED) is 0.713. The topological polar surface area (TPSA) is 53.3 Å².